The van der Waals surface area contributed by atoms with E-state index in [1.807, 2.05) is 0 Å². The molecule has 0 aliphatic heterocycles. The van der Waals surface area contributed by atoms with E-state index in [1.54, 1.807) is 0 Å². The Kier molecular flexibility index (Phi) is 36.2. The Morgan fingerprint density at radius 2 is 1.00 bits per heavy atom. The standard InChI is InChI=1S/C44H72NO10P/c1-3-5-7-9-11-13-15-17-19-20-22-23-25-27-29-31-33-35-42(46)52-37-40(38-53-56(50,51)54-39-41(45)44(48)49)55-43(47)36-34-32-30-28-26-24-21-18-16-14-12-10-8-6-4-2/h6-9,12-15,18-21,23,25,40-41H,3-5,10-11,16-17,22,24,26-39,45H2,1-2H3,(H,48,49)(H,50,51)/b8-6+,9-7+,14-12+,15-13+,20-19+,21-18+,25-23+/t40-,41+/m1/s1. The maximum absolute atomic E-state index is 12.6. The zero-order valence-electron chi connectivity index (χ0n) is 34.2. The van der Waals surface area contributed by atoms with E-state index in [2.05, 4.69) is 103 Å². The van der Waals surface area contributed by atoms with Crippen LogP contribution in [-0.2, 0) is 37.5 Å². The highest BCUT2D eigenvalue weighted by molar-refractivity contribution is 7.47. The van der Waals surface area contributed by atoms with Crippen LogP contribution < -0.4 is 5.73 Å². The number of rotatable bonds is 37. The fourth-order valence-electron chi connectivity index (χ4n) is 4.89. The zero-order chi connectivity index (χ0) is 41.4. The van der Waals surface area contributed by atoms with Crippen molar-refractivity contribution < 1.29 is 47.5 Å². The highest BCUT2D eigenvalue weighted by atomic mass is 31.2. The van der Waals surface area contributed by atoms with Gasteiger partial charge < -0.3 is 25.2 Å². The number of hydrogen-bond acceptors (Lipinski definition) is 9. The number of phosphoric ester groups is 1. The summed E-state index contributed by atoms with van der Waals surface area (Å²) in [5.41, 5.74) is 5.32. The van der Waals surface area contributed by atoms with E-state index in [9.17, 15) is 23.8 Å². The summed E-state index contributed by atoms with van der Waals surface area (Å²) >= 11 is 0. The number of esters is 2. The Labute approximate surface area is 337 Å². The molecule has 0 heterocycles. The van der Waals surface area contributed by atoms with Crippen LogP contribution in [0.3, 0.4) is 0 Å². The van der Waals surface area contributed by atoms with Crippen molar-refractivity contribution in [3.63, 3.8) is 0 Å². The van der Waals surface area contributed by atoms with Crippen LogP contribution in [0.4, 0.5) is 0 Å². The van der Waals surface area contributed by atoms with Gasteiger partial charge in [-0.1, -0.05) is 131 Å². The average Bonchev–Trinajstić information content (AvgIpc) is 3.17. The summed E-state index contributed by atoms with van der Waals surface area (Å²) in [6, 6.07) is -1.53. The van der Waals surface area contributed by atoms with Gasteiger partial charge in [-0.05, 0) is 83.5 Å². The van der Waals surface area contributed by atoms with Gasteiger partial charge in [-0.15, -0.1) is 0 Å². The van der Waals surface area contributed by atoms with E-state index < -0.39 is 51.1 Å². The molecule has 4 N–H and O–H groups in total. The molecule has 0 aliphatic carbocycles. The number of carbonyl (C=O) groups excluding carboxylic acids is 2. The quantitative estimate of drug-likeness (QED) is 0.0236. The zero-order valence-corrected chi connectivity index (χ0v) is 35.1. The van der Waals surface area contributed by atoms with Crippen LogP contribution in [0, 0.1) is 0 Å². The van der Waals surface area contributed by atoms with Crippen molar-refractivity contribution in [1.29, 1.82) is 0 Å². The number of allylic oxidation sites excluding steroid dienone is 14. The Morgan fingerprint density at radius 3 is 1.52 bits per heavy atom. The molecule has 0 saturated carbocycles. The van der Waals surface area contributed by atoms with E-state index in [1.165, 1.54) is 6.42 Å². The molecule has 1 unspecified atom stereocenters. The van der Waals surface area contributed by atoms with E-state index in [0.717, 1.165) is 96.3 Å². The van der Waals surface area contributed by atoms with Crippen LogP contribution in [0.25, 0.3) is 0 Å². The van der Waals surface area contributed by atoms with Crippen molar-refractivity contribution in [3.8, 4) is 0 Å². The van der Waals surface area contributed by atoms with Crippen molar-refractivity contribution in [2.45, 2.75) is 154 Å². The third kappa shape index (κ3) is 37.6. The van der Waals surface area contributed by atoms with Gasteiger partial charge in [0.1, 0.15) is 12.6 Å². The fraction of sp³-hybridized carbons (Fsp3) is 0.614. The monoisotopic (exact) mass is 805 g/mol. The molecular formula is C44H72NO10P. The number of carbonyl (C=O) groups is 3. The molecule has 318 valence electrons. The number of unbranched alkanes of at least 4 members (excludes halogenated alkanes) is 9. The number of carboxylic acid groups (broad SMARTS) is 1. The SMILES string of the molecule is CC/C=C/C/C=C/C/C=C/CCCCCCCC(=O)O[C@H](COC(=O)CCCCC/C=C/C/C=C/C/C=C/C/C=C/CCC)COP(=O)(O)OC[C@H](N)C(=O)O. The van der Waals surface area contributed by atoms with Gasteiger partial charge in [0, 0.05) is 12.8 Å². The molecule has 3 atom stereocenters. The molecule has 0 fully saturated rings. The van der Waals surface area contributed by atoms with Crippen molar-refractivity contribution >= 4 is 25.7 Å². The number of carboxylic acids is 1. The Morgan fingerprint density at radius 1 is 0.571 bits per heavy atom. The summed E-state index contributed by atoms with van der Waals surface area (Å²) < 4.78 is 32.6. The third-order valence-electron chi connectivity index (χ3n) is 8.11. The first kappa shape index (κ1) is 52.7. The van der Waals surface area contributed by atoms with Gasteiger partial charge in [0.05, 0.1) is 13.2 Å². The molecule has 12 heteroatoms. The van der Waals surface area contributed by atoms with Gasteiger partial charge in [-0.2, -0.15) is 0 Å². The predicted molar refractivity (Wildman–Crippen MR) is 226 cm³/mol. The Hall–Kier alpha value is -3.34. The molecule has 0 aromatic heterocycles. The van der Waals surface area contributed by atoms with Crippen LogP contribution in [0.2, 0.25) is 0 Å². The highest BCUT2D eigenvalue weighted by Crippen LogP contribution is 2.43. The lowest BCUT2D eigenvalue weighted by Crippen LogP contribution is -2.34. The lowest BCUT2D eigenvalue weighted by molar-refractivity contribution is -0.161. The minimum absolute atomic E-state index is 0.129. The molecular weight excluding hydrogens is 733 g/mol. The second-order valence-electron chi connectivity index (χ2n) is 13.4. The minimum atomic E-state index is -4.73. The van der Waals surface area contributed by atoms with Crippen molar-refractivity contribution in [2.75, 3.05) is 19.8 Å². The van der Waals surface area contributed by atoms with Gasteiger partial charge in [-0.3, -0.25) is 23.4 Å². The van der Waals surface area contributed by atoms with Crippen molar-refractivity contribution in [1.82, 2.24) is 0 Å². The molecule has 0 spiro atoms. The van der Waals surface area contributed by atoms with E-state index in [4.69, 9.17) is 24.8 Å². The second-order valence-corrected chi connectivity index (χ2v) is 14.8. The molecule has 0 saturated heterocycles. The van der Waals surface area contributed by atoms with Crippen molar-refractivity contribution in [3.05, 3.63) is 85.1 Å². The van der Waals surface area contributed by atoms with Crippen LogP contribution in [-0.4, -0.2) is 59.9 Å². The summed E-state index contributed by atoms with van der Waals surface area (Å²) in [6.45, 7) is 2.54. The lowest BCUT2D eigenvalue weighted by Gasteiger charge is -2.20. The third-order valence-corrected chi connectivity index (χ3v) is 9.06. The van der Waals surface area contributed by atoms with E-state index in [0.29, 0.717) is 12.8 Å². The maximum Gasteiger partial charge on any atom is 0.472 e. The number of ether oxygens (including phenoxy) is 2. The number of nitrogens with two attached hydrogens (primary N) is 1. The smallest absolute Gasteiger partial charge is 0.472 e. The molecule has 56 heavy (non-hydrogen) atoms. The van der Waals surface area contributed by atoms with Gasteiger partial charge in [0.15, 0.2) is 6.10 Å². The molecule has 0 aliphatic rings. The molecule has 0 rings (SSSR count). The van der Waals surface area contributed by atoms with Crippen LogP contribution in [0.15, 0.2) is 85.1 Å². The minimum Gasteiger partial charge on any atom is -0.480 e. The molecule has 0 aromatic carbocycles. The fourth-order valence-corrected chi connectivity index (χ4v) is 5.67. The second kappa shape index (κ2) is 38.5. The maximum atomic E-state index is 12.6. The van der Waals surface area contributed by atoms with Gasteiger partial charge in [0.25, 0.3) is 0 Å². The average molecular weight is 806 g/mol. The Balaban J connectivity index is 4.50. The first-order valence-electron chi connectivity index (χ1n) is 20.6. The molecule has 0 amide bonds. The molecule has 0 bridgehead atoms. The largest absolute Gasteiger partial charge is 0.480 e. The topological polar surface area (TPSA) is 172 Å². The van der Waals surface area contributed by atoms with Crippen LogP contribution in [0.1, 0.15) is 142 Å². The highest BCUT2D eigenvalue weighted by Gasteiger charge is 2.28. The summed E-state index contributed by atoms with van der Waals surface area (Å²) in [5, 5.41) is 8.88. The Bertz CT molecular complexity index is 1270. The van der Waals surface area contributed by atoms with Crippen LogP contribution in [0.5, 0.6) is 0 Å². The van der Waals surface area contributed by atoms with Gasteiger partial charge in [0.2, 0.25) is 0 Å². The van der Waals surface area contributed by atoms with Gasteiger partial charge in [-0.25, -0.2) is 4.57 Å². The number of hydrogen-bond donors (Lipinski definition) is 3. The first-order valence-corrected chi connectivity index (χ1v) is 22.1. The predicted octanol–water partition coefficient (Wildman–Crippen LogP) is 10.7. The number of aliphatic carboxylic acids is 1. The van der Waals surface area contributed by atoms with Crippen LogP contribution >= 0.6 is 7.82 Å². The number of phosphoric acid groups is 1. The first-order chi connectivity index (χ1) is 27.1. The summed E-state index contributed by atoms with van der Waals surface area (Å²) in [5.74, 6) is -2.46. The normalized spacial score (nSPS) is 14.6. The summed E-state index contributed by atoms with van der Waals surface area (Å²) in [6.07, 6.45) is 46.5. The lowest BCUT2D eigenvalue weighted by atomic mass is 10.1. The summed E-state index contributed by atoms with van der Waals surface area (Å²) in [7, 11) is -4.73. The van der Waals surface area contributed by atoms with E-state index in [-0.39, 0.29) is 19.4 Å². The summed E-state index contributed by atoms with van der Waals surface area (Å²) in [4.78, 5) is 45.9. The van der Waals surface area contributed by atoms with E-state index >= 15 is 0 Å². The molecule has 0 aromatic rings. The molecule has 0 radical (unpaired) electrons. The van der Waals surface area contributed by atoms with Crippen molar-refractivity contribution in [2.24, 2.45) is 5.73 Å². The van der Waals surface area contributed by atoms with Gasteiger partial charge >= 0.3 is 25.7 Å². The molecule has 11 nitrogen and oxygen atoms in total.